The van der Waals surface area contributed by atoms with Crippen LogP contribution in [-0.4, -0.2) is 41.0 Å². The van der Waals surface area contributed by atoms with Crippen LogP contribution in [0.4, 0.5) is 0 Å². The van der Waals surface area contributed by atoms with Crippen LogP contribution in [-0.2, 0) is 0 Å². The van der Waals surface area contributed by atoms with Gasteiger partial charge in [0, 0.05) is 31.1 Å². The molecule has 2 aromatic rings. The van der Waals surface area contributed by atoms with Crippen LogP contribution in [0.1, 0.15) is 40.8 Å². The lowest BCUT2D eigenvalue weighted by Crippen LogP contribution is -2.39. The number of piperidine rings is 1. The molecule has 0 unspecified atom stereocenters. The molecule has 1 aliphatic heterocycles. The molecule has 23 heavy (non-hydrogen) atoms. The van der Waals surface area contributed by atoms with Crippen molar-refractivity contribution in [2.45, 2.75) is 25.7 Å². The number of furan rings is 1. The molecule has 0 saturated carbocycles. The molecule has 1 fully saturated rings. The molecule has 0 aromatic carbocycles. The molecular weight excluding hydrogens is 298 g/mol. The molecule has 0 radical (unpaired) electrons. The highest BCUT2D eigenvalue weighted by Crippen LogP contribution is 2.27. The average molecular weight is 317 g/mol. The zero-order chi connectivity index (χ0) is 16.4. The van der Waals surface area contributed by atoms with Crippen LogP contribution < -0.4 is 10.3 Å². The Morgan fingerprint density at radius 1 is 1.48 bits per heavy atom. The van der Waals surface area contributed by atoms with E-state index in [9.17, 15) is 9.59 Å². The zero-order valence-corrected chi connectivity index (χ0v) is 13.2. The number of nitrogens with one attached hydrogen (secondary N) is 1. The Morgan fingerprint density at radius 2 is 2.30 bits per heavy atom. The van der Waals surface area contributed by atoms with Crippen LogP contribution in [0.2, 0.25) is 0 Å². The third-order valence-corrected chi connectivity index (χ3v) is 4.00. The maximum Gasteiger partial charge on any atom is 0.289 e. The number of hydrogen-bond donors (Lipinski definition) is 1. The van der Waals surface area contributed by atoms with Gasteiger partial charge >= 0.3 is 0 Å². The van der Waals surface area contributed by atoms with E-state index in [4.69, 9.17) is 9.15 Å². The van der Waals surface area contributed by atoms with Crippen molar-refractivity contribution in [3.63, 3.8) is 0 Å². The van der Waals surface area contributed by atoms with Crippen molar-refractivity contribution in [3.8, 4) is 5.95 Å². The topological polar surface area (TPSA) is 88.4 Å². The van der Waals surface area contributed by atoms with E-state index in [0.717, 1.165) is 18.5 Å². The lowest BCUT2D eigenvalue weighted by molar-refractivity contribution is 0.0667. The monoisotopic (exact) mass is 317 g/mol. The number of aromatic nitrogens is 2. The number of methoxy groups -OCH3 is 1. The second kappa shape index (κ2) is 6.28. The maximum atomic E-state index is 12.5. The number of nitrogens with zero attached hydrogens (tertiary/aromatic N) is 2. The Morgan fingerprint density at radius 3 is 3.00 bits per heavy atom. The molecule has 3 rings (SSSR count). The number of carbonyl (C=O) groups is 1. The van der Waals surface area contributed by atoms with Crippen LogP contribution >= 0.6 is 0 Å². The van der Waals surface area contributed by atoms with Gasteiger partial charge in [0.1, 0.15) is 5.82 Å². The summed E-state index contributed by atoms with van der Waals surface area (Å²) in [5.74, 6) is 1.06. The Balaban J connectivity index is 1.77. The summed E-state index contributed by atoms with van der Waals surface area (Å²) in [5, 5.41) is 0. The Bertz CT molecular complexity index is 765. The van der Waals surface area contributed by atoms with Gasteiger partial charge in [0.05, 0.1) is 12.8 Å². The molecule has 122 valence electrons. The number of aromatic amines is 1. The quantitative estimate of drug-likeness (QED) is 0.931. The first kappa shape index (κ1) is 15.3. The summed E-state index contributed by atoms with van der Waals surface area (Å²) in [4.78, 5) is 32.9. The first-order valence-corrected chi connectivity index (χ1v) is 7.58. The SMILES string of the molecule is COc1ccc(C(=O)N2CCC[C@H](c3cc(=O)[nH]c(C)n3)C2)o1. The number of ether oxygens (including phenoxy) is 1. The van der Waals surface area contributed by atoms with Gasteiger partial charge in [0.15, 0.2) is 5.76 Å². The van der Waals surface area contributed by atoms with E-state index in [1.807, 2.05) is 0 Å². The van der Waals surface area contributed by atoms with Crippen molar-refractivity contribution in [2.24, 2.45) is 0 Å². The van der Waals surface area contributed by atoms with Crippen molar-refractivity contribution in [3.05, 3.63) is 45.8 Å². The summed E-state index contributed by atoms with van der Waals surface area (Å²) in [6.45, 7) is 2.95. The summed E-state index contributed by atoms with van der Waals surface area (Å²) in [5.41, 5.74) is 0.576. The summed E-state index contributed by atoms with van der Waals surface area (Å²) in [6, 6.07) is 4.75. The Kier molecular flexibility index (Phi) is 4.18. The van der Waals surface area contributed by atoms with Gasteiger partial charge in [0.2, 0.25) is 0 Å². The van der Waals surface area contributed by atoms with E-state index in [1.54, 1.807) is 24.0 Å². The minimum atomic E-state index is -0.167. The molecule has 1 atom stereocenters. The van der Waals surface area contributed by atoms with Gasteiger partial charge in [-0.25, -0.2) is 4.98 Å². The van der Waals surface area contributed by atoms with Crippen molar-refractivity contribution >= 4 is 5.91 Å². The van der Waals surface area contributed by atoms with Crippen molar-refractivity contribution in [2.75, 3.05) is 20.2 Å². The van der Waals surface area contributed by atoms with E-state index in [-0.39, 0.29) is 23.1 Å². The van der Waals surface area contributed by atoms with Gasteiger partial charge in [-0.3, -0.25) is 9.59 Å². The normalized spacial score (nSPS) is 18.0. The highest BCUT2D eigenvalue weighted by Gasteiger charge is 2.28. The van der Waals surface area contributed by atoms with Crippen molar-refractivity contribution < 1.29 is 13.9 Å². The number of H-pyrrole nitrogens is 1. The van der Waals surface area contributed by atoms with Crippen molar-refractivity contribution in [1.29, 1.82) is 0 Å². The molecule has 1 saturated heterocycles. The van der Waals surface area contributed by atoms with Gasteiger partial charge < -0.3 is 19.0 Å². The van der Waals surface area contributed by atoms with E-state index in [2.05, 4.69) is 9.97 Å². The molecule has 1 N–H and O–H groups in total. The van der Waals surface area contributed by atoms with Gasteiger partial charge in [-0.2, -0.15) is 0 Å². The summed E-state index contributed by atoms with van der Waals surface area (Å²) in [6.07, 6.45) is 1.77. The number of carbonyl (C=O) groups excluding carboxylic acids is 1. The Hall–Kier alpha value is -2.57. The largest absolute Gasteiger partial charge is 0.468 e. The van der Waals surface area contributed by atoms with E-state index in [0.29, 0.717) is 24.9 Å². The van der Waals surface area contributed by atoms with Gasteiger partial charge in [-0.1, -0.05) is 0 Å². The van der Waals surface area contributed by atoms with Crippen molar-refractivity contribution in [1.82, 2.24) is 14.9 Å². The molecule has 0 aliphatic carbocycles. The Labute approximate surface area is 133 Å². The van der Waals surface area contributed by atoms with Gasteiger partial charge in [-0.15, -0.1) is 0 Å². The number of hydrogen-bond acceptors (Lipinski definition) is 5. The third-order valence-electron chi connectivity index (χ3n) is 4.00. The number of aryl methyl sites for hydroxylation is 1. The first-order valence-electron chi connectivity index (χ1n) is 7.58. The number of rotatable bonds is 3. The predicted octanol–water partition coefficient (Wildman–Crippen LogP) is 1.70. The lowest BCUT2D eigenvalue weighted by Gasteiger charge is -2.31. The van der Waals surface area contributed by atoms with Crippen LogP contribution in [0.5, 0.6) is 5.95 Å². The van der Waals surface area contributed by atoms with Crippen LogP contribution in [0.15, 0.2) is 27.4 Å². The van der Waals surface area contributed by atoms with Crippen LogP contribution in [0.25, 0.3) is 0 Å². The second-order valence-electron chi connectivity index (χ2n) is 5.67. The van der Waals surface area contributed by atoms with E-state index >= 15 is 0 Å². The summed E-state index contributed by atoms with van der Waals surface area (Å²) in [7, 11) is 1.49. The molecule has 3 heterocycles. The molecule has 1 aliphatic rings. The highest BCUT2D eigenvalue weighted by molar-refractivity contribution is 5.91. The third kappa shape index (κ3) is 3.28. The molecule has 2 aromatic heterocycles. The number of likely N-dealkylation sites (tertiary alicyclic amines) is 1. The molecule has 0 bridgehead atoms. The lowest BCUT2D eigenvalue weighted by atomic mass is 9.94. The van der Waals surface area contributed by atoms with Crippen LogP contribution in [0.3, 0.4) is 0 Å². The smallest absolute Gasteiger partial charge is 0.289 e. The summed E-state index contributed by atoms with van der Waals surface area (Å²) >= 11 is 0. The molecule has 1 amide bonds. The predicted molar refractivity (Wildman–Crippen MR) is 82.7 cm³/mol. The van der Waals surface area contributed by atoms with E-state index < -0.39 is 0 Å². The van der Waals surface area contributed by atoms with E-state index in [1.165, 1.54) is 13.2 Å². The minimum Gasteiger partial charge on any atom is -0.468 e. The average Bonchev–Trinajstić information content (AvgIpc) is 3.02. The zero-order valence-electron chi connectivity index (χ0n) is 13.2. The second-order valence-corrected chi connectivity index (χ2v) is 5.67. The van der Waals surface area contributed by atoms with Gasteiger partial charge in [0.25, 0.3) is 17.4 Å². The molecule has 7 nitrogen and oxygen atoms in total. The highest BCUT2D eigenvalue weighted by atomic mass is 16.6. The fraction of sp³-hybridized carbons (Fsp3) is 0.438. The maximum absolute atomic E-state index is 12.5. The fourth-order valence-electron chi connectivity index (χ4n) is 2.92. The molecular formula is C16H19N3O4. The molecule has 0 spiro atoms. The molecule has 7 heteroatoms. The minimum absolute atomic E-state index is 0.0607. The number of amides is 1. The summed E-state index contributed by atoms with van der Waals surface area (Å²) < 4.78 is 10.3. The van der Waals surface area contributed by atoms with Gasteiger partial charge in [-0.05, 0) is 25.8 Å². The van der Waals surface area contributed by atoms with Crippen LogP contribution in [0, 0.1) is 6.92 Å². The first-order chi connectivity index (χ1) is 11.1. The fourth-order valence-corrected chi connectivity index (χ4v) is 2.92. The standard InChI is InChI=1S/C16H19N3O4/c1-10-17-12(8-14(20)18-10)11-4-3-7-19(9-11)16(21)13-5-6-15(22-2)23-13/h5-6,8,11H,3-4,7,9H2,1-2H3,(H,17,18,20)/t11-/m0/s1.